The molecule has 0 saturated carbocycles. The number of aliphatic carboxylic acids is 1. The normalized spacial score (nSPS) is 25.2. The van der Waals surface area contributed by atoms with Crippen molar-refractivity contribution in [3.63, 3.8) is 0 Å². The Hall–Kier alpha value is -0.690. The molecule has 1 fully saturated rings. The number of carbonyl (C=O) groups is 1. The first-order valence-electron chi connectivity index (χ1n) is 6.55. The van der Waals surface area contributed by atoms with Crippen molar-refractivity contribution in [3.8, 4) is 0 Å². The van der Waals surface area contributed by atoms with Crippen molar-refractivity contribution in [3.05, 3.63) is 0 Å². The molecule has 4 N–H and O–H groups in total. The number of piperidine rings is 1. The molecule has 0 bridgehead atoms. The molecule has 18 heavy (non-hydrogen) atoms. The number of aliphatic hydroxyl groups excluding tert-OH is 2. The lowest BCUT2D eigenvalue weighted by atomic mass is 9.90. The van der Waals surface area contributed by atoms with Gasteiger partial charge in [0.05, 0.1) is 13.2 Å². The average Bonchev–Trinajstić information content (AvgIpc) is 2.34. The number of rotatable bonds is 8. The summed E-state index contributed by atoms with van der Waals surface area (Å²) in [4.78, 5) is 12.8. The lowest BCUT2D eigenvalue weighted by Gasteiger charge is -2.38. The summed E-state index contributed by atoms with van der Waals surface area (Å²) in [5.41, 5.74) is 0. The summed E-state index contributed by atoms with van der Waals surface area (Å²) in [6.07, 6.45) is 1.81. The molecule has 1 heterocycles. The summed E-state index contributed by atoms with van der Waals surface area (Å²) >= 11 is 0. The van der Waals surface area contributed by atoms with Crippen LogP contribution in [0.5, 0.6) is 0 Å². The van der Waals surface area contributed by atoms with Crippen molar-refractivity contribution < 1.29 is 20.1 Å². The SMILES string of the molecule is O=C(O)CCC1CC(NCCO)CN(CCO)C1. The molecule has 0 aliphatic carbocycles. The topological polar surface area (TPSA) is 93.0 Å². The maximum Gasteiger partial charge on any atom is 0.303 e. The van der Waals surface area contributed by atoms with Crippen molar-refractivity contribution in [1.82, 2.24) is 10.2 Å². The Morgan fingerprint density at radius 3 is 2.67 bits per heavy atom. The predicted molar refractivity (Wildman–Crippen MR) is 67.4 cm³/mol. The molecule has 0 radical (unpaired) electrons. The van der Waals surface area contributed by atoms with E-state index in [0.717, 1.165) is 19.5 Å². The van der Waals surface area contributed by atoms with Crippen LogP contribution in [0.3, 0.4) is 0 Å². The summed E-state index contributed by atoms with van der Waals surface area (Å²) in [6.45, 7) is 3.12. The van der Waals surface area contributed by atoms with Gasteiger partial charge in [-0.3, -0.25) is 9.69 Å². The molecule has 1 aliphatic heterocycles. The maximum absolute atomic E-state index is 10.6. The summed E-state index contributed by atoms with van der Waals surface area (Å²) in [5, 5.41) is 29.8. The summed E-state index contributed by atoms with van der Waals surface area (Å²) in [7, 11) is 0. The highest BCUT2D eigenvalue weighted by Gasteiger charge is 2.26. The Labute approximate surface area is 108 Å². The number of likely N-dealkylation sites (tertiary alicyclic amines) is 1. The zero-order chi connectivity index (χ0) is 13.4. The minimum Gasteiger partial charge on any atom is -0.481 e. The summed E-state index contributed by atoms with van der Waals surface area (Å²) in [6, 6.07) is 0.274. The second kappa shape index (κ2) is 8.42. The Morgan fingerprint density at radius 2 is 2.06 bits per heavy atom. The zero-order valence-electron chi connectivity index (χ0n) is 10.7. The van der Waals surface area contributed by atoms with Crippen LogP contribution in [-0.4, -0.2) is 71.6 Å². The van der Waals surface area contributed by atoms with Crippen LogP contribution >= 0.6 is 0 Å². The lowest BCUT2D eigenvalue weighted by molar-refractivity contribution is -0.137. The lowest BCUT2D eigenvalue weighted by Crippen LogP contribution is -2.50. The van der Waals surface area contributed by atoms with Gasteiger partial charge in [-0.25, -0.2) is 0 Å². The largest absolute Gasteiger partial charge is 0.481 e. The third-order valence-electron chi connectivity index (χ3n) is 3.34. The Morgan fingerprint density at radius 1 is 1.28 bits per heavy atom. The molecule has 0 spiro atoms. The number of nitrogens with zero attached hydrogens (tertiary/aromatic N) is 1. The minimum atomic E-state index is -0.755. The molecule has 1 saturated heterocycles. The van der Waals surface area contributed by atoms with Crippen molar-refractivity contribution >= 4 is 5.97 Å². The van der Waals surface area contributed by atoms with E-state index in [0.29, 0.717) is 25.4 Å². The molecule has 0 aromatic rings. The summed E-state index contributed by atoms with van der Waals surface area (Å²) < 4.78 is 0. The molecule has 1 aliphatic rings. The minimum absolute atomic E-state index is 0.107. The molecule has 106 valence electrons. The molecule has 2 atom stereocenters. The second-order valence-electron chi connectivity index (χ2n) is 4.89. The van der Waals surface area contributed by atoms with E-state index in [4.69, 9.17) is 15.3 Å². The fraction of sp³-hybridized carbons (Fsp3) is 0.917. The van der Waals surface area contributed by atoms with Gasteiger partial charge in [0.15, 0.2) is 0 Å². The van der Waals surface area contributed by atoms with E-state index in [9.17, 15) is 4.79 Å². The van der Waals surface area contributed by atoms with Crippen molar-refractivity contribution in [2.45, 2.75) is 25.3 Å². The fourth-order valence-corrected chi connectivity index (χ4v) is 2.58. The van der Waals surface area contributed by atoms with Crippen LogP contribution in [0.4, 0.5) is 0 Å². The van der Waals surface area contributed by atoms with E-state index in [2.05, 4.69) is 10.2 Å². The van der Waals surface area contributed by atoms with Gasteiger partial charge in [-0.1, -0.05) is 0 Å². The number of carboxylic acids is 1. The van der Waals surface area contributed by atoms with Crippen LogP contribution in [0.2, 0.25) is 0 Å². The predicted octanol–water partition coefficient (Wildman–Crippen LogP) is -0.884. The third kappa shape index (κ3) is 5.77. The van der Waals surface area contributed by atoms with Gasteiger partial charge in [-0.05, 0) is 18.8 Å². The number of β-amino-alcohol motifs (C(OH)–C–C–N with tert-alkyl or cyclic N) is 1. The van der Waals surface area contributed by atoms with Gasteiger partial charge in [0.25, 0.3) is 0 Å². The molecule has 1 rings (SSSR count). The first-order chi connectivity index (χ1) is 8.65. The van der Waals surface area contributed by atoms with E-state index in [1.165, 1.54) is 0 Å². The first kappa shape index (κ1) is 15.4. The van der Waals surface area contributed by atoms with Gasteiger partial charge >= 0.3 is 5.97 Å². The fourth-order valence-electron chi connectivity index (χ4n) is 2.58. The summed E-state index contributed by atoms with van der Waals surface area (Å²) in [5.74, 6) is -0.410. The van der Waals surface area contributed by atoms with Gasteiger partial charge in [0, 0.05) is 38.6 Å². The number of aliphatic hydroxyl groups is 2. The van der Waals surface area contributed by atoms with Crippen LogP contribution in [0.1, 0.15) is 19.3 Å². The number of hydrogen-bond acceptors (Lipinski definition) is 5. The number of hydrogen-bond donors (Lipinski definition) is 4. The smallest absolute Gasteiger partial charge is 0.303 e. The third-order valence-corrected chi connectivity index (χ3v) is 3.34. The van der Waals surface area contributed by atoms with E-state index in [1.54, 1.807) is 0 Å². The first-order valence-corrected chi connectivity index (χ1v) is 6.55. The van der Waals surface area contributed by atoms with Gasteiger partial charge in [-0.2, -0.15) is 0 Å². The highest BCUT2D eigenvalue weighted by Crippen LogP contribution is 2.21. The molecular formula is C12H24N2O4. The molecule has 0 aromatic heterocycles. The van der Waals surface area contributed by atoms with Crippen LogP contribution in [0.25, 0.3) is 0 Å². The van der Waals surface area contributed by atoms with E-state index >= 15 is 0 Å². The number of carboxylic acid groups (broad SMARTS) is 1. The van der Waals surface area contributed by atoms with E-state index in [1.807, 2.05) is 0 Å². The Balaban J connectivity index is 2.42. The van der Waals surface area contributed by atoms with Crippen molar-refractivity contribution in [2.75, 3.05) is 39.4 Å². The quantitative estimate of drug-likeness (QED) is 0.453. The van der Waals surface area contributed by atoms with Gasteiger partial charge in [0.2, 0.25) is 0 Å². The van der Waals surface area contributed by atoms with E-state index in [-0.39, 0.29) is 25.7 Å². The van der Waals surface area contributed by atoms with Crippen LogP contribution in [0.15, 0.2) is 0 Å². The van der Waals surface area contributed by atoms with E-state index < -0.39 is 5.97 Å². The van der Waals surface area contributed by atoms with Gasteiger partial charge in [-0.15, -0.1) is 0 Å². The monoisotopic (exact) mass is 260 g/mol. The molecule has 6 heteroatoms. The molecule has 6 nitrogen and oxygen atoms in total. The van der Waals surface area contributed by atoms with Gasteiger partial charge in [0.1, 0.15) is 0 Å². The van der Waals surface area contributed by atoms with Crippen LogP contribution in [-0.2, 0) is 4.79 Å². The highest BCUT2D eigenvalue weighted by atomic mass is 16.4. The molecule has 0 amide bonds. The molecule has 0 aromatic carbocycles. The highest BCUT2D eigenvalue weighted by molar-refractivity contribution is 5.66. The van der Waals surface area contributed by atoms with Crippen molar-refractivity contribution in [1.29, 1.82) is 0 Å². The van der Waals surface area contributed by atoms with Crippen LogP contribution < -0.4 is 5.32 Å². The second-order valence-corrected chi connectivity index (χ2v) is 4.89. The standard InChI is InChI=1S/C12H24N2O4/c15-5-3-13-11-7-10(1-2-12(17)18)8-14(9-11)4-6-16/h10-11,13,15-16H,1-9H2,(H,17,18). The Kier molecular flexibility index (Phi) is 7.19. The van der Waals surface area contributed by atoms with Crippen LogP contribution in [0, 0.1) is 5.92 Å². The Bertz CT molecular complexity index is 250. The van der Waals surface area contributed by atoms with Gasteiger partial charge < -0.3 is 20.6 Å². The number of nitrogens with one attached hydrogen (secondary N) is 1. The van der Waals surface area contributed by atoms with Crippen molar-refractivity contribution in [2.24, 2.45) is 5.92 Å². The molecule has 2 unspecified atom stereocenters. The average molecular weight is 260 g/mol. The zero-order valence-corrected chi connectivity index (χ0v) is 10.7. The molecular weight excluding hydrogens is 236 g/mol. The maximum atomic E-state index is 10.6.